The summed E-state index contributed by atoms with van der Waals surface area (Å²) in [5.41, 5.74) is 3.50. The number of benzene rings is 3. The highest BCUT2D eigenvalue weighted by atomic mass is 32.2. The minimum atomic E-state index is -4.40. The van der Waals surface area contributed by atoms with E-state index < -0.39 is 12.8 Å². The Bertz CT molecular complexity index is 1210. The van der Waals surface area contributed by atoms with Crippen LogP contribution in [0.3, 0.4) is 0 Å². The summed E-state index contributed by atoms with van der Waals surface area (Å²) >= 11 is 1.64. The Morgan fingerprint density at radius 2 is 1.82 bits per heavy atom. The molecule has 170 valence electrons. The first-order chi connectivity index (χ1) is 15.8. The van der Waals surface area contributed by atoms with Crippen LogP contribution in [0.15, 0.2) is 76.5 Å². The van der Waals surface area contributed by atoms with Gasteiger partial charge in [0.1, 0.15) is 12.4 Å². The molecule has 0 radical (unpaired) electrons. The number of halogens is 3. The van der Waals surface area contributed by atoms with Gasteiger partial charge in [-0.25, -0.2) is 0 Å². The molecule has 1 aliphatic heterocycles. The monoisotopic (exact) mass is 471 g/mol. The minimum absolute atomic E-state index is 0.186. The molecule has 0 amide bonds. The molecule has 4 rings (SSSR count). The normalized spacial score (nSPS) is 12.7. The van der Waals surface area contributed by atoms with E-state index in [-0.39, 0.29) is 12.4 Å². The van der Waals surface area contributed by atoms with Gasteiger partial charge in [0.25, 0.3) is 0 Å². The zero-order valence-corrected chi connectivity index (χ0v) is 18.4. The summed E-state index contributed by atoms with van der Waals surface area (Å²) < 4.78 is 47.0. The minimum Gasteiger partial charge on any atom is -0.496 e. The third kappa shape index (κ3) is 5.77. The molecule has 0 aromatic heterocycles. The van der Waals surface area contributed by atoms with Gasteiger partial charge in [0.2, 0.25) is 0 Å². The Labute approximate surface area is 193 Å². The Morgan fingerprint density at radius 1 is 1.03 bits per heavy atom. The molecule has 0 bridgehead atoms. The molecule has 1 aliphatic rings. The molecule has 3 aromatic rings. The first-order valence-electron chi connectivity index (χ1n) is 10.0. The van der Waals surface area contributed by atoms with E-state index in [0.29, 0.717) is 22.4 Å². The molecule has 3 aromatic carbocycles. The third-order valence-electron chi connectivity index (χ3n) is 4.90. The number of allylic oxidation sites excluding steroid dienone is 1. The highest BCUT2D eigenvalue weighted by molar-refractivity contribution is 7.99. The summed E-state index contributed by atoms with van der Waals surface area (Å²) in [6.45, 7) is -1.60. The Balaban J connectivity index is 1.47. The van der Waals surface area contributed by atoms with Crippen molar-refractivity contribution < 1.29 is 27.4 Å². The van der Waals surface area contributed by atoms with Crippen molar-refractivity contribution in [2.75, 3.05) is 19.0 Å². The zero-order chi connectivity index (χ0) is 23.4. The Kier molecular flexibility index (Phi) is 6.76. The predicted molar refractivity (Wildman–Crippen MR) is 122 cm³/mol. The van der Waals surface area contributed by atoms with Crippen molar-refractivity contribution in [1.82, 2.24) is 0 Å². The fraction of sp³-hybridized carbons (Fsp3) is 0.160. The quantitative estimate of drug-likeness (QED) is 0.235. The van der Waals surface area contributed by atoms with Gasteiger partial charge >= 0.3 is 6.18 Å². The number of ketones is 1. The van der Waals surface area contributed by atoms with Crippen LogP contribution >= 0.6 is 11.8 Å². The second-order valence-corrected chi connectivity index (χ2v) is 8.39. The molecule has 4 nitrogen and oxygen atoms in total. The molecule has 1 heterocycles. The number of methoxy groups -OCH3 is 1. The average molecular weight is 472 g/mol. The van der Waals surface area contributed by atoms with Crippen molar-refractivity contribution in [2.24, 2.45) is 0 Å². The van der Waals surface area contributed by atoms with E-state index in [9.17, 15) is 18.0 Å². The van der Waals surface area contributed by atoms with Crippen LogP contribution < -0.4 is 10.1 Å². The van der Waals surface area contributed by atoms with Gasteiger partial charge in [0.05, 0.1) is 25.1 Å². The van der Waals surface area contributed by atoms with Crippen molar-refractivity contribution >= 4 is 35.0 Å². The third-order valence-corrected chi connectivity index (χ3v) is 6.05. The van der Waals surface area contributed by atoms with Crippen molar-refractivity contribution in [3.63, 3.8) is 0 Å². The van der Waals surface area contributed by atoms with Gasteiger partial charge < -0.3 is 14.8 Å². The van der Waals surface area contributed by atoms with Crippen molar-refractivity contribution in [3.8, 4) is 5.75 Å². The number of para-hydroxylation sites is 1. The first-order valence-corrected chi connectivity index (χ1v) is 10.9. The van der Waals surface area contributed by atoms with Crippen molar-refractivity contribution in [2.45, 2.75) is 22.6 Å². The highest BCUT2D eigenvalue weighted by Gasteiger charge is 2.27. The Hall–Kier alpha value is -3.23. The summed E-state index contributed by atoms with van der Waals surface area (Å²) in [5.74, 6) is 0.230. The number of alkyl halides is 3. The van der Waals surface area contributed by atoms with E-state index in [4.69, 9.17) is 9.47 Å². The molecular formula is C25H20F3NO3S. The lowest BCUT2D eigenvalue weighted by Crippen LogP contribution is -2.16. The van der Waals surface area contributed by atoms with Gasteiger partial charge in [-0.2, -0.15) is 13.2 Å². The number of rotatable bonds is 7. The fourth-order valence-electron chi connectivity index (χ4n) is 3.35. The van der Waals surface area contributed by atoms with Crippen LogP contribution in [0, 0.1) is 0 Å². The van der Waals surface area contributed by atoms with Crippen LogP contribution in [0.2, 0.25) is 0 Å². The first kappa shape index (κ1) is 22.9. The Morgan fingerprint density at radius 3 is 2.61 bits per heavy atom. The SMILES string of the molecule is COc1ccc(/C=C/C(=O)c2ccc3c(c2)Nc2ccccc2S3)cc1COCC(F)(F)F. The van der Waals surface area contributed by atoms with Gasteiger partial charge in [-0.05, 0) is 54.1 Å². The van der Waals surface area contributed by atoms with Crippen molar-refractivity contribution in [3.05, 3.63) is 83.4 Å². The maximum Gasteiger partial charge on any atom is 0.411 e. The summed E-state index contributed by atoms with van der Waals surface area (Å²) in [5, 5.41) is 3.35. The maximum atomic E-state index is 12.7. The van der Waals surface area contributed by atoms with Gasteiger partial charge in [0.15, 0.2) is 5.78 Å². The number of hydrogen-bond donors (Lipinski definition) is 1. The topological polar surface area (TPSA) is 47.6 Å². The fourth-order valence-corrected chi connectivity index (χ4v) is 4.32. The standard InChI is InChI=1S/C25H20F3NO3S/c1-31-22-10-7-16(12-18(22)14-32-15-25(26,27)28)6-9-21(30)17-8-11-24-20(13-17)29-19-4-2-3-5-23(19)33-24/h2-13,29H,14-15H2,1H3/b9-6+. The van der Waals surface area contributed by atoms with Crippen molar-refractivity contribution in [1.29, 1.82) is 0 Å². The molecule has 0 unspecified atom stereocenters. The van der Waals surface area contributed by atoms with Crippen LogP contribution in [0.4, 0.5) is 24.5 Å². The molecule has 0 saturated heterocycles. The molecule has 0 saturated carbocycles. The molecule has 0 aliphatic carbocycles. The average Bonchev–Trinajstić information content (AvgIpc) is 2.80. The van der Waals surface area contributed by atoms with Gasteiger partial charge in [0, 0.05) is 20.9 Å². The molecular weight excluding hydrogens is 451 g/mol. The molecule has 8 heteroatoms. The molecule has 0 atom stereocenters. The molecule has 0 spiro atoms. The van der Waals surface area contributed by atoms with E-state index >= 15 is 0 Å². The molecule has 0 fully saturated rings. The number of hydrogen-bond acceptors (Lipinski definition) is 5. The lowest BCUT2D eigenvalue weighted by molar-refractivity contribution is -0.176. The summed E-state index contributed by atoms with van der Waals surface area (Å²) in [6.07, 6.45) is -1.35. The molecule has 1 N–H and O–H groups in total. The smallest absolute Gasteiger partial charge is 0.411 e. The largest absolute Gasteiger partial charge is 0.496 e. The van der Waals surface area contributed by atoms with Crippen LogP contribution in [-0.4, -0.2) is 25.7 Å². The number of anilines is 2. The molecule has 33 heavy (non-hydrogen) atoms. The number of fused-ring (bicyclic) bond motifs is 2. The van der Waals surface area contributed by atoms with Crippen LogP contribution in [0.25, 0.3) is 6.08 Å². The van der Waals surface area contributed by atoms with Crippen LogP contribution in [0.5, 0.6) is 5.75 Å². The maximum absolute atomic E-state index is 12.7. The van der Waals surface area contributed by atoms with E-state index in [2.05, 4.69) is 5.32 Å². The highest BCUT2D eigenvalue weighted by Crippen LogP contribution is 2.44. The number of nitrogens with one attached hydrogen (secondary N) is 1. The summed E-state index contributed by atoms with van der Waals surface area (Å²) in [7, 11) is 1.43. The van der Waals surface area contributed by atoms with E-state index in [1.54, 1.807) is 42.1 Å². The number of carbonyl (C=O) groups excluding carboxylic acids is 1. The lowest BCUT2D eigenvalue weighted by Gasteiger charge is -2.20. The second kappa shape index (κ2) is 9.72. The zero-order valence-electron chi connectivity index (χ0n) is 17.6. The summed E-state index contributed by atoms with van der Waals surface area (Å²) in [6, 6.07) is 18.4. The van der Waals surface area contributed by atoms with E-state index in [1.165, 1.54) is 13.2 Å². The number of ether oxygens (including phenoxy) is 2. The number of carbonyl (C=O) groups is 1. The van der Waals surface area contributed by atoms with Gasteiger partial charge in [-0.3, -0.25) is 4.79 Å². The van der Waals surface area contributed by atoms with Gasteiger partial charge in [-0.15, -0.1) is 0 Å². The predicted octanol–water partition coefficient (Wildman–Crippen LogP) is 6.88. The van der Waals surface area contributed by atoms with Crippen LogP contribution in [0.1, 0.15) is 21.5 Å². The lowest BCUT2D eigenvalue weighted by atomic mass is 10.1. The second-order valence-electron chi connectivity index (χ2n) is 7.31. The van der Waals surface area contributed by atoms with E-state index in [0.717, 1.165) is 21.2 Å². The van der Waals surface area contributed by atoms with Gasteiger partial charge in [-0.1, -0.05) is 36.0 Å². The van der Waals surface area contributed by atoms with E-state index in [1.807, 2.05) is 36.4 Å². The van der Waals surface area contributed by atoms with Crippen LogP contribution in [-0.2, 0) is 11.3 Å². The summed E-state index contributed by atoms with van der Waals surface area (Å²) in [4.78, 5) is 14.9.